The summed E-state index contributed by atoms with van der Waals surface area (Å²) in [5, 5.41) is 4.36. The van der Waals surface area contributed by atoms with Crippen molar-refractivity contribution in [2.24, 2.45) is 0 Å². The Hall–Kier alpha value is -2.16. The maximum atomic E-state index is 12.6. The van der Waals surface area contributed by atoms with Crippen LogP contribution in [-0.2, 0) is 17.5 Å². The van der Waals surface area contributed by atoms with Crippen LogP contribution in [0, 0.1) is 0 Å². The number of hydrogen-bond acceptors (Lipinski definition) is 4. The predicted molar refractivity (Wildman–Crippen MR) is 71.2 cm³/mol. The van der Waals surface area contributed by atoms with Crippen LogP contribution in [0.25, 0.3) is 0 Å². The van der Waals surface area contributed by atoms with E-state index in [1.54, 1.807) is 5.38 Å². The summed E-state index contributed by atoms with van der Waals surface area (Å²) in [7, 11) is 0. The molecule has 2 heterocycles. The maximum Gasteiger partial charge on any atom is 0.417 e. The van der Waals surface area contributed by atoms with Crippen molar-refractivity contribution in [3.05, 3.63) is 45.3 Å². The molecule has 0 atom stereocenters. The third-order valence-electron chi connectivity index (χ3n) is 2.48. The first-order valence-corrected chi connectivity index (χ1v) is 6.63. The lowest BCUT2D eigenvalue weighted by atomic mass is 10.2. The van der Waals surface area contributed by atoms with Gasteiger partial charge in [-0.25, -0.2) is 4.98 Å². The van der Waals surface area contributed by atoms with E-state index in [2.05, 4.69) is 10.3 Å². The Kier molecular flexibility index (Phi) is 4.12. The molecule has 0 aliphatic carbocycles. The summed E-state index contributed by atoms with van der Waals surface area (Å²) < 4.78 is 38.8. The van der Waals surface area contributed by atoms with E-state index in [1.165, 1.54) is 6.92 Å². The number of aromatic nitrogens is 2. The molecule has 2 aromatic rings. The van der Waals surface area contributed by atoms with Gasteiger partial charge in [0.05, 0.1) is 17.8 Å². The molecule has 0 unspecified atom stereocenters. The fourth-order valence-electron chi connectivity index (χ4n) is 1.58. The second-order valence-electron chi connectivity index (χ2n) is 4.21. The molecule has 0 spiro atoms. The standard InChI is InChI=1S/C12H10F3N3O2S/c1-7(19)16-11-17-9(6-21-11)5-18-4-8(12(13,14)15)2-3-10(18)20/h2-4,6H,5H2,1H3,(H,16,17,19). The molecule has 0 bridgehead atoms. The molecule has 0 aliphatic heterocycles. The van der Waals surface area contributed by atoms with Crippen molar-refractivity contribution >= 4 is 22.4 Å². The SMILES string of the molecule is CC(=O)Nc1nc(Cn2cc(C(F)(F)F)ccc2=O)cs1. The van der Waals surface area contributed by atoms with Crippen LogP contribution in [0.5, 0.6) is 0 Å². The van der Waals surface area contributed by atoms with E-state index < -0.39 is 17.3 Å². The average Bonchev–Trinajstić information content (AvgIpc) is 2.77. The lowest BCUT2D eigenvalue weighted by Gasteiger charge is -2.09. The Labute approximate surface area is 121 Å². The number of hydrogen-bond donors (Lipinski definition) is 1. The number of amides is 1. The first kappa shape index (κ1) is 15.2. The molecule has 0 aliphatic rings. The molecule has 0 aromatic carbocycles. The molecule has 1 amide bonds. The maximum absolute atomic E-state index is 12.6. The molecule has 2 rings (SSSR count). The number of alkyl halides is 3. The van der Waals surface area contributed by atoms with Gasteiger partial charge in [0.1, 0.15) is 0 Å². The normalized spacial score (nSPS) is 11.4. The molecule has 112 valence electrons. The smallest absolute Gasteiger partial charge is 0.309 e. The van der Waals surface area contributed by atoms with Crippen molar-refractivity contribution in [3.8, 4) is 0 Å². The van der Waals surface area contributed by atoms with Crippen LogP contribution in [0.4, 0.5) is 18.3 Å². The Balaban J connectivity index is 2.25. The van der Waals surface area contributed by atoms with Crippen molar-refractivity contribution in [1.29, 1.82) is 0 Å². The Morgan fingerprint density at radius 2 is 2.14 bits per heavy atom. The summed E-state index contributed by atoms with van der Waals surface area (Å²) in [5.74, 6) is -0.299. The highest BCUT2D eigenvalue weighted by Gasteiger charge is 2.31. The summed E-state index contributed by atoms with van der Waals surface area (Å²) in [5.41, 5.74) is -1.07. The van der Waals surface area contributed by atoms with Gasteiger partial charge in [-0.05, 0) is 6.07 Å². The van der Waals surface area contributed by atoms with E-state index in [-0.39, 0.29) is 12.5 Å². The van der Waals surface area contributed by atoms with Gasteiger partial charge in [-0.2, -0.15) is 13.2 Å². The summed E-state index contributed by atoms with van der Waals surface area (Å²) in [6, 6.07) is 1.60. The van der Waals surface area contributed by atoms with Crippen molar-refractivity contribution in [2.45, 2.75) is 19.6 Å². The van der Waals surface area contributed by atoms with Crippen LogP contribution in [0.3, 0.4) is 0 Å². The number of halogens is 3. The van der Waals surface area contributed by atoms with E-state index in [1.807, 2.05) is 0 Å². The minimum atomic E-state index is -4.52. The fourth-order valence-corrected chi connectivity index (χ4v) is 2.33. The second-order valence-corrected chi connectivity index (χ2v) is 5.06. The van der Waals surface area contributed by atoms with Gasteiger partial charge in [0.2, 0.25) is 5.91 Å². The number of pyridine rings is 1. The highest BCUT2D eigenvalue weighted by Crippen LogP contribution is 2.28. The Bertz CT molecular complexity index is 721. The van der Waals surface area contributed by atoms with Crippen LogP contribution < -0.4 is 10.9 Å². The second kappa shape index (κ2) is 5.68. The van der Waals surface area contributed by atoms with Gasteiger partial charge >= 0.3 is 6.18 Å². The van der Waals surface area contributed by atoms with Gasteiger partial charge in [-0.1, -0.05) is 0 Å². The van der Waals surface area contributed by atoms with Gasteiger partial charge in [0.15, 0.2) is 5.13 Å². The topological polar surface area (TPSA) is 64.0 Å². The zero-order valence-corrected chi connectivity index (χ0v) is 11.6. The van der Waals surface area contributed by atoms with Crippen LogP contribution >= 0.6 is 11.3 Å². The highest BCUT2D eigenvalue weighted by atomic mass is 32.1. The number of anilines is 1. The largest absolute Gasteiger partial charge is 0.417 e. The lowest BCUT2D eigenvalue weighted by molar-refractivity contribution is -0.138. The summed E-state index contributed by atoms with van der Waals surface area (Å²) in [4.78, 5) is 26.5. The minimum Gasteiger partial charge on any atom is -0.309 e. The monoisotopic (exact) mass is 317 g/mol. The van der Waals surface area contributed by atoms with Gasteiger partial charge < -0.3 is 9.88 Å². The van der Waals surface area contributed by atoms with Crippen LogP contribution in [-0.4, -0.2) is 15.5 Å². The van der Waals surface area contributed by atoms with Crippen LogP contribution in [0.15, 0.2) is 28.5 Å². The summed E-state index contributed by atoms with van der Waals surface area (Å²) in [6.45, 7) is 1.22. The van der Waals surface area contributed by atoms with Crippen molar-refractivity contribution in [2.75, 3.05) is 5.32 Å². The van der Waals surface area contributed by atoms with Crippen molar-refractivity contribution in [1.82, 2.24) is 9.55 Å². The molecular formula is C12H10F3N3O2S. The number of carbonyl (C=O) groups excluding carboxylic acids is 1. The molecule has 0 saturated heterocycles. The number of nitrogens with one attached hydrogen (secondary N) is 1. The summed E-state index contributed by atoms with van der Waals surface area (Å²) in [6.07, 6.45) is -3.77. The van der Waals surface area contributed by atoms with Crippen LogP contribution in [0.1, 0.15) is 18.2 Å². The Morgan fingerprint density at radius 1 is 1.43 bits per heavy atom. The molecule has 0 fully saturated rings. The third kappa shape index (κ3) is 3.91. The first-order valence-electron chi connectivity index (χ1n) is 5.75. The quantitative estimate of drug-likeness (QED) is 0.945. The number of thiazole rings is 1. The van der Waals surface area contributed by atoms with Gasteiger partial charge in [-0.15, -0.1) is 11.3 Å². The first-order chi connectivity index (χ1) is 9.75. The van der Waals surface area contributed by atoms with Crippen molar-refractivity contribution in [3.63, 3.8) is 0 Å². The molecule has 0 radical (unpaired) electrons. The number of nitrogens with zero attached hydrogens (tertiary/aromatic N) is 2. The highest BCUT2D eigenvalue weighted by molar-refractivity contribution is 7.13. The van der Waals surface area contributed by atoms with Crippen LogP contribution in [0.2, 0.25) is 0 Å². The molecule has 21 heavy (non-hydrogen) atoms. The fraction of sp³-hybridized carbons (Fsp3) is 0.250. The molecule has 5 nitrogen and oxygen atoms in total. The summed E-state index contributed by atoms with van der Waals surface area (Å²) >= 11 is 1.13. The van der Waals surface area contributed by atoms with E-state index in [0.717, 1.165) is 34.2 Å². The predicted octanol–water partition coefficient (Wildman–Crippen LogP) is 2.33. The third-order valence-corrected chi connectivity index (χ3v) is 3.28. The van der Waals surface area contributed by atoms with E-state index >= 15 is 0 Å². The number of carbonyl (C=O) groups is 1. The Morgan fingerprint density at radius 3 is 2.76 bits per heavy atom. The van der Waals surface area contributed by atoms with E-state index in [0.29, 0.717) is 10.8 Å². The molecule has 1 N–H and O–H groups in total. The average molecular weight is 317 g/mol. The van der Waals surface area contributed by atoms with Gasteiger partial charge in [0.25, 0.3) is 5.56 Å². The zero-order chi connectivity index (χ0) is 15.6. The minimum absolute atomic E-state index is 0.0984. The molecule has 0 saturated carbocycles. The molecule has 9 heteroatoms. The molecular weight excluding hydrogens is 307 g/mol. The van der Waals surface area contributed by atoms with Crippen molar-refractivity contribution < 1.29 is 18.0 Å². The zero-order valence-electron chi connectivity index (χ0n) is 10.8. The van der Waals surface area contributed by atoms with E-state index in [9.17, 15) is 22.8 Å². The van der Waals surface area contributed by atoms with Gasteiger partial charge in [0, 0.05) is 24.6 Å². The molecule has 2 aromatic heterocycles. The van der Waals surface area contributed by atoms with Gasteiger partial charge in [-0.3, -0.25) is 9.59 Å². The number of rotatable bonds is 3. The lowest BCUT2D eigenvalue weighted by Crippen LogP contribution is -2.22. The van der Waals surface area contributed by atoms with E-state index in [4.69, 9.17) is 0 Å².